The van der Waals surface area contributed by atoms with Gasteiger partial charge in [0.05, 0.1) is 0 Å². The molecular weight excluding hydrogens is 276 g/mol. The largest absolute Gasteiger partial charge is 0.458 e. The molecule has 0 saturated heterocycles. The number of hydrogen-bond acceptors (Lipinski definition) is 3. The number of carbonyl (C=O) groups excluding carboxylic acids is 1. The maximum atomic E-state index is 11.8. The molecule has 2 rings (SSSR count). The molecule has 0 bridgehead atoms. The van der Waals surface area contributed by atoms with Crippen molar-refractivity contribution < 1.29 is 14.6 Å². The molecule has 1 aliphatic rings. The van der Waals surface area contributed by atoms with Crippen LogP contribution >= 0.6 is 0 Å². The van der Waals surface area contributed by atoms with Crippen LogP contribution in [-0.2, 0) is 16.0 Å². The van der Waals surface area contributed by atoms with Crippen molar-refractivity contribution in [3.63, 3.8) is 0 Å². The average Bonchev–Trinajstić information content (AvgIpc) is 2.48. The van der Waals surface area contributed by atoms with Crippen LogP contribution < -0.4 is 0 Å². The van der Waals surface area contributed by atoms with Crippen LogP contribution in [-0.4, -0.2) is 23.3 Å². The van der Waals surface area contributed by atoms with Crippen molar-refractivity contribution in [2.75, 3.05) is 0 Å². The molecule has 0 heterocycles. The first kappa shape index (κ1) is 18.4. The lowest BCUT2D eigenvalue weighted by Gasteiger charge is -2.22. The molecule has 22 heavy (non-hydrogen) atoms. The number of allylic oxidation sites excluding steroid dienone is 1. The van der Waals surface area contributed by atoms with Crippen molar-refractivity contribution >= 4 is 5.97 Å². The maximum absolute atomic E-state index is 11.8. The molecule has 0 radical (unpaired) electrons. The first-order valence-electron chi connectivity index (χ1n) is 8.07. The van der Waals surface area contributed by atoms with E-state index in [4.69, 9.17) is 9.84 Å². The van der Waals surface area contributed by atoms with E-state index in [1.54, 1.807) is 13.8 Å². The number of aliphatic hydroxyl groups excluding tert-OH is 1. The van der Waals surface area contributed by atoms with E-state index < -0.39 is 0 Å². The Kier molecular flexibility index (Phi) is 8.53. The minimum Gasteiger partial charge on any atom is -0.458 e. The van der Waals surface area contributed by atoms with Crippen LogP contribution in [0.25, 0.3) is 0 Å². The number of benzene rings is 1. The average molecular weight is 304 g/mol. The van der Waals surface area contributed by atoms with Crippen molar-refractivity contribution in [3.05, 3.63) is 47.5 Å². The smallest absolute Gasteiger partial charge is 0.306 e. The standard InChI is InChI=1S/C16H20O2.C3H8O/c1-13-7-5-6-10-15(13)18-16(17)12-11-14-8-3-2-4-9-14;1-3(2)4/h2-4,7-9,15H,5-6,10-12H2,1H3;3-4H,1-2H3. The summed E-state index contributed by atoms with van der Waals surface area (Å²) in [5.74, 6) is -0.0847. The van der Waals surface area contributed by atoms with E-state index in [2.05, 4.69) is 6.08 Å². The second-order valence-corrected chi connectivity index (χ2v) is 5.94. The normalized spacial score (nSPS) is 17.3. The number of aryl methyl sites for hydroxylation is 1. The van der Waals surface area contributed by atoms with E-state index in [0.717, 1.165) is 25.7 Å². The summed E-state index contributed by atoms with van der Waals surface area (Å²) < 4.78 is 5.52. The highest BCUT2D eigenvalue weighted by Crippen LogP contribution is 2.21. The van der Waals surface area contributed by atoms with Gasteiger partial charge >= 0.3 is 5.97 Å². The third kappa shape index (κ3) is 7.99. The summed E-state index contributed by atoms with van der Waals surface area (Å²) in [5, 5.41) is 8.06. The highest BCUT2D eigenvalue weighted by Gasteiger charge is 2.18. The molecule has 0 spiro atoms. The topological polar surface area (TPSA) is 46.5 Å². The number of carbonyl (C=O) groups is 1. The van der Waals surface area contributed by atoms with Gasteiger partial charge in [0.2, 0.25) is 0 Å². The monoisotopic (exact) mass is 304 g/mol. The third-order valence-corrected chi connectivity index (χ3v) is 3.38. The predicted octanol–water partition coefficient (Wildman–Crippen LogP) is 4.05. The van der Waals surface area contributed by atoms with Crippen molar-refractivity contribution in [2.45, 2.75) is 65.1 Å². The van der Waals surface area contributed by atoms with Gasteiger partial charge in [-0.3, -0.25) is 4.79 Å². The molecule has 1 aromatic carbocycles. The van der Waals surface area contributed by atoms with Gasteiger partial charge in [0.25, 0.3) is 0 Å². The first-order valence-corrected chi connectivity index (χ1v) is 8.07. The van der Waals surface area contributed by atoms with Crippen LogP contribution in [0.5, 0.6) is 0 Å². The number of rotatable bonds is 4. The Hall–Kier alpha value is -1.61. The van der Waals surface area contributed by atoms with E-state index >= 15 is 0 Å². The van der Waals surface area contributed by atoms with Crippen LogP contribution in [0.15, 0.2) is 42.0 Å². The molecule has 122 valence electrons. The van der Waals surface area contributed by atoms with Gasteiger partial charge in [-0.15, -0.1) is 0 Å². The van der Waals surface area contributed by atoms with Gasteiger partial charge in [-0.2, -0.15) is 0 Å². The summed E-state index contributed by atoms with van der Waals surface area (Å²) in [5.41, 5.74) is 2.39. The van der Waals surface area contributed by atoms with Gasteiger partial charge in [-0.05, 0) is 57.6 Å². The van der Waals surface area contributed by atoms with Crippen LogP contribution in [0.1, 0.15) is 52.0 Å². The SMILES string of the molecule is CC(C)O.CC1=CCCCC1OC(=O)CCc1ccccc1. The Morgan fingerprint density at radius 3 is 2.55 bits per heavy atom. The van der Waals surface area contributed by atoms with E-state index in [0.29, 0.717) is 6.42 Å². The quantitative estimate of drug-likeness (QED) is 0.674. The molecule has 1 unspecified atom stereocenters. The van der Waals surface area contributed by atoms with Gasteiger partial charge in [0.15, 0.2) is 0 Å². The van der Waals surface area contributed by atoms with Crippen LogP contribution in [0.2, 0.25) is 0 Å². The fraction of sp³-hybridized carbons (Fsp3) is 0.526. The van der Waals surface area contributed by atoms with Gasteiger partial charge in [0, 0.05) is 12.5 Å². The second kappa shape index (κ2) is 10.2. The van der Waals surface area contributed by atoms with Gasteiger partial charge in [0.1, 0.15) is 6.10 Å². The Morgan fingerprint density at radius 2 is 1.95 bits per heavy atom. The predicted molar refractivity (Wildman–Crippen MR) is 89.6 cm³/mol. The van der Waals surface area contributed by atoms with Crippen molar-refractivity contribution in [3.8, 4) is 0 Å². The van der Waals surface area contributed by atoms with E-state index in [1.165, 1.54) is 11.1 Å². The number of esters is 1. The van der Waals surface area contributed by atoms with Crippen LogP contribution in [0.4, 0.5) is 0 Å². The highest BCUT2D eigenvalue weighted by molar-refractivity contribution is 5.70. The minimum atomic E-state index is -0.167. The summed E-state index contributed by atoms with van der Waals surface area (Å²) in [6, 6.07) is 10.1. The van der Waals surface area contributed by atoms with E-state index in [-0.39, 0.29) is 18.2 Å². The molecule has 3 nitrogen and oxygen atoms in total. The molecule has 0 saturated carbocycles. The first-order chi connectivity index (χ1) is 10.5. The fourth-order valence-electron chi connectivity index (χ4n) is 2.25. The Labute approximate surface area is 134 Å². The van der Waals surface area contributed by atoms with Crippen molar-refractivity contribution in [1.29, 1.82) is 0 Å². The van der Waals surface area contributed by atoms with Gasteiger partial charge in [-0.1, -0.05) is 36.4 Å². The molecule has 1 aliphatic carbocycles. The molecule has 0 aliphatic heterocycles. The molecule has 1 atom stereocenters. The molecule has 3 heteroatoms. The van der Waals surface area contributed by atoms with E-state index in [1.807, 2.05) is 37.3 Å². The zero-order valence-electron chi connectivity index (χ0n) is 13.9. The van der Waals surface area contributed by atoms with Crippen LogP contribution in [0, 0.1) is 0 Å². The Morgan fingerprint density at radius 1 is 1.32 bits per heavy atom. The molecule has 0 amide bonds. The van der Waals surface area contributed by atoms with E-state index in [9.17, 15) is 4.79 Å². The molecule has 0 aromatic heterocycles. The fourth-order valence-corrected chi connectivity index (χ4v) is 2.25. The lowest BCUT2D eigenvalue weighted by molar-refractivity contribution is -0.147. The van der Waals surface area contributed by atoms with Gasteiger partial charge in [-0.25, -0.2) is 0 Å². The van der Waals surface area contributed by atoms with Crippen molar-refractivity contribution in [2.24, 2.45) is 0 Å². The number of hydrogen-bond donors (Lipinski definition) is 1. The summed E-state index contributed by atoms with van der Waals surface area (Å²) in [6.07, 6.45) is 6.46. The summed E-state index contributed by atoms with van der Waals surface area (Å²) in [6.45, 7) is 5.49. The summed E-state index contributed by atoms with van der Waals surface area (Å²) >= 11 is 0. The lowest BCUT2D eigenvalue weighted by Crippen LogP contribution is -2.21. The van der Waals surface area contributed by atoms with Gasteiger partial charge < -0.3 is 9.84 Å². The summed E-state index contributed by atoms with van der Waals surface area (Å²) in [4.78, 5) is 11.8. The number of ether oxygens (including phenoxy) is 1. The maximum Gasteiger partial charge on any atom is 0.306 e. The Balaban J connectivity index is 0.000000541. The molecular formula is C19H28O3. The molecule has 0 fully saturated rings. The lowest BCUT2D eigenvalue weighted by atomic mass is 9.98. The number of aliphatic hydroxyl groups is 1. The zero-order valence-corrected chi connectivity index (χ0v) is 13.9. The minimum absolute atomic E-state index is 0.0158. The van der Waals surface area contributed by atoms with Crippen molar-refractivity contribution in [1.82, 2.24) is 0 Å². The van der Waals surface area contributed by atoms with Crippen LogP contribution in [0.3, 0.4) is 0 Å². The zero-order chi connectivity index (χ0) is 16.4. The molecule has 1 aromatic rings. The second-order valence-electron chi connectivity index (χ2n) is 5.94. The molecule has 1 N–H and O–H groups in total. The highest BCUT2D eigenvalue weighted by atomic mass is 16.5. The third-order valence-electron chi connectivity index (χ3n) is 3.38. The summed E-state index contributed by atoms with van der Waals surface area (Å²) in [7, 11) is 0. The Bertz CT molecular complexity index is 460.